The number of para-hydroxylation sites is 1. The molecule has 6 heteroatoms. The Labute approximate surface area is 120 Å². The van der Waals surface area contributed by atoms with Crippen LogP contribution in [0.3, 0.4) is 0 Å². The average Bonchev–Trinajstić information content (AvgIpc) is 2.81. The van der Waals surface area contributed by atoms with Crippen LogP contribution in [0, 0.1) is 0 Å². The van der Waals surface area contributed by atoms with E-state index in [2.05, 4.69) is 10.3 Å². The Morgan fingerprint density at radius 2 is 2.20 bits per heavy atom. The van der Waals surface area contributed by atoms with Crippen molar-refractivity contribution < 1.29 is 9.00 Å². The molecule has 1 amide bonds. The minimum Gasteiger partial charge on any atom is -0.361 e. The Morgan fingerprint density at radius 1 is 1.45 bits per heavy atom. The van der Waals surface area contributed by atoms with Gasteiger partial charge in [0.2, 0.25) is 5.91 Å². The summed E-state index contributed by atoms with van der Waals surface area (Å²) in [5, 5.41) is 3.80. The molecule has 20 heavy (non-hydrogen) atoms. The monoisotopic (exact) mass is 293 g/mol. The molecule has 4 N–H and O–H groups in total. The lowest BCUT2D eigenvalue weighted by Gasteiger charge is -2.11. The Hall–Kier alpha value is -1.66. The van der Waals surface area contributed by atoms with Gasteiger partial charge in [-0.2, -0.15) is 0 Å². The van der Waals surface area contributed by atoms with Gasteiger partial charge in [-0.05, 0) is 18.1 Å². The molecule has 0 bridgehead atoms. The van der Waals surface area contributed by atoms with Gasteiger partial charge in [-0.25, -0.2) is 0 Å². The topological polar surface area (TPSA) is 88.0 Å². The third-order valence-corrected chi connectivity index (χ3v) is 3.92. The van der Waals surface area contributed by atoms with Crippen molar-refractivity contribution in [3.63, 3.8) is 0 Å². The van der Waals surface area contributed by atoms with Crippen LogP contribution in [-0.2, 0) is 22.0 Å². The summed E-state index contributed by atoms with van der Waals surface area (Å²) in [6.07, 6.45) is 3.97. The Kier molecular flexibility index (Phi) is 4.92. The molecule has 0 spiro atoms. The van der Waals surface area contributed by atoms with Crippen molar-refractivity contribution in [1.82, 2.24) is 10.3 Å². The van der Waals surface area contributed by atoms with Gasteiger partial charge in [0.15, 0.2) is 0 Å². The highest BCUT2D eigenvalue weighted by Gasteiger charge is 2.15. The minimum atomic E-state index is -0.906. The Balaban J connectivity index is 1.95. The van der Waals surface area contributed by atoms with E-state index in [0.29, 0.717) is 18.7 Å². The zero-order valence-electron chi connectivity index (χ0n) is 11.4. The summed E-state index contributed by atoms with van der Waals surface area (Å²) in [6.45, 7) is 0.392. The van der Waals surface area contributed by atoms with Crippen LogP contribution in [0.2, 0.25) is 0 Å². The van der Waals surface area contributed by atoms with Gasteiger partial charge in [0.25, 0.3) is 0 Å². The van der Waals surface area contributed by atoms with Crippen molar-refractivity contribution in [2.24, 2.45) is 5.73 Å². The summed E-state index contributed by atoms with van der Waals surface area (Å²) < 4.78 is 10.9. The first-order valence-corrected chi connectivity index (χ1v) is 8.19. The highest BCUT2D eigenvalue weighted by Crippen LogP contribution is 2.18. The first-order valence-electron chi connectivity index (χ1n) is 6.46. The van der Waals surface area contributed by atoms with Crippen molar-refractivity contribution in [2.75, 3.05) is 18.6 Å². The molecule has 5 nitrogen and oxygen atoms in total. The quantitative estimate of drug-likeness (QED) is 0.726. The number of fused-ring (bicyclic) bond motifs is 1. The molecule has 0 saturated carbocycles. The zero-order chi connectivity index (χ0) is 14.5. The molecule has 0 aliphatic carbocycles. The fourth-order valence-electron chi connectivity index (χ4n) is 2.08. The SMILES string of the molecule is CS(=O)CCNC(=O)[C@@H](N)Cc1c[nH]c2ccccc12. The van der Waals surface area contributed by atoms with E-state index in [-0.39, 0.29) is 5.91 Å². The maximum atomic E-state index is 11.8. The zero-order valence-corrected chi connectivity index (χ0v) is 12.2. The lowest BCUT2D eigenvalue weighted by atomic mass is 10.1. The first kappa shape index (κ1) is 14.7. The van der Waals surface area contributed by atoms with Crippen molar-refractivity contribution >= 4 is 27.6 Å². The first-order chi connectivity index (χ1) is 9.58. The molecular weight excluding hydrogens is 274 g/mol. The van der Waals surface area contributed by atoms with Crippen molar-refractivity contribution in [2.45, 2.75) is 12.5 Å². The number of carbonyl (C=O) groups is 1. The molecule has 1 aromatic heterocycles. The maximum absolute atomic E-state index is 11.8. The lowest BCUT2D eigenvalue weighted by Crippen LogP contribution is -2.43. The van der Waals surface area contributed by atoms with Gasteiger partial charge in [-0.1, -0.05) is 18.2 Å². The summed E-state index contributed by atoms with van der Waals surface area (Å²) in [7, 11) is -0.906. The van der Waals surface area contributed by atoms with E-state index in [1.807, 2.05) is 30.5 Å². The van der Waals surface area contributed by atoms with Crippen molar-refractivity contribution in [3.8, 4) is 0 Å². The summed E-state index contributed by atoms with van der Waals surface area (Å²) in [6, 6.07) is 7.31. The highest BCUT2D eigenvalue weighted by molar-refractivity contribution is 7.84. The molecule has 2 atom stereocenters. The second-order valence-corrected chi connectivity index (χ2v) is 6.29. The van der Waals surface area contributed by atoms with Crippen LogP contribution < -0.4 is 11.1 Å². The summed E-state index contributed by atoms with van der Waals surface area (Å²) in [4.78, 5) is 15.0. The van der Waals surface area contributed by atoms with Gasteiger partial charge < -0.3 is 16.0 Å². The van der Waals surface area contributed by atoms with E-state index in [0.717, 1.165) is 16.5 Å². The van der Waals surface area contributed by atoms with Gasteiger partial charge in [0.05, 0.1) is 6.04 Å². The van der Waals surface area contributed by atoms with E-state index < -0.39 is 16.8 Å². The molecule has 0 fully saturated rings. The fraction of sp³-hybridized carbons (Fsp3) is 0.357. The number of nitrogens with two attached hydrogens (primary N) is 1. The summed E-state index contributed by atoms with van der Waals surface area (Å²) in [5.74, 6) is 0.242. The number of carbonyl (C=O) groups excluding carboxylic acids is 1. The number of amides is 1. The lowest BCUT2D eigenvalue weighted by molar-refractivity contribution is -0.122. The molecule has 1 unspecified atom stereocenters. The smallest absolute Gasteiger partial charge is 0.237 e. The molecule has 0 saturated heterocycles. The molecule has 2 rings (SSSR count). The van der Waals surface area contributed by atoms with E-state index in [1.54, 1.807) is 6.26 Å². The number of benzene rings is 1. The second kappa shape index (κ2) is 6.67. The molecule has 108 valence electrons. The fourth-order valence-corrected chi connectivity index (χ4v) is 2.47. The number of nitrogens with one attached hydrogen (secondary N) is 2. The molecule has 0 radical (unpaired) electrons. The molecule has 2 aromatic rings. The predicted octanol–water partition coefficient (Wildman–Crippen LogP) is 0.532. The van der Waals surface area contributed by atoms with Gasteiger partial charge >= 0.3 is 0 Å². The summed E-state index contributed by atoms with van der Waals surface area (Å²) in [5.41, 5.74) is 7.98. The number of hydrogen-bond acceptors (Lipinski definition) is 3. The number of hydrogen-bond donors (Lipinski definition) is 3. The third-order valence-electron chi connectivity index (χ3n) is 3.14. The molecule has 1 aromatic carbocycles. The van der Waals surface area contributed by atoms with Crippen LogP contribution in [-0.4, -0.2) is 39.7 Å². The number of rotatable bonds is 6. The minimum absolute atomic E-state index is 0.208. The Bertz CT molecular complexity index is 624. The van der Waals surface area contributed by atoms with Crippen LogP contribution in [0.1, 0.15) is 5.56 Å². The average molecular weight is 293 g/mol. The second-order valence-electron chi connectivity index (χ2n) is 4.74. The van der Waals surface area contributed by atoms with Crippen LogP contribution in [0.25, 0.3) is 10.9 Å². The van der Waals surface area contributed by atoms with Gasteiger partial charge in [-0.15, -0.1) is 0 Å². The van der Waals surface area contributed by atoms with E-state index in [1.165, 1.54) is 0 Å². The number of aromatic nitrogens is 1. The highest BCUT2D eigenvalue weighted by atomic mass is 32.2. The number of H-pyrrole nitrogens is 1. The normalized spacial score (nSPS) is 14.1. The van der Waals surface area contributed by atoms with Crippen molar-refractivity contribution in [3.05, 3.63) is 36.0 Å². The van der Waals surface area contributed by atoms with E-state index in [9.17, 15) is 9.00 Å². The van der Waals surface area contributed by atoms with Crippen LogP contribution >= 0.6 is 0 Å². The van der Waals surface area contributed by atoms with Crippen LogP contribution in [0.4, 0.5) is 0 Å². The largest absolute Gasteiger partial charge is 0.361 e. The predicted molar refractivity (Wildman–Crippen MR) is 81.9 cm³/mol. The van der Waals surface area contributed by atoms with Gasteiger partial charge in [0, 0.05) is 46.5 Å². The third kappa shape index (κ3) is 3.68. The Morgan fingerprint density at radius 3 is 2.95 bits per heavy atom. The van der Waals surface area contributed by atoms with Crippen LogP contribution in [0.15, 0.2) is 30.5 Å². The summed E-state index contributed by atoms with van der Waals surface area (Å²) >= 11 is 0. The molecule has 1 heterocycles. The van der Waals surface area contributed by atoms with Gasteiger partial charge in [0.1, 0.15) is 0 Å². The molecule has 0 aliphatic heterocycles. The van der Waals surface area contributed by atoms with E-state index >= 15 is 0 Å². The van der Waals surface area contributed by atoms with E-state index in [4.69, 9.17) is 5.73 Å². The molecule has 0 aliphatic rings. The maximum Gasteiger partial charge on any atom is 0.237 e. The molecular formula is C14H19N3O2S. The van der Waals surface area contributed by atoms with Crippen LogP contribution in [0.5, 0.6) is 0 Å². The standard InChI is InChI=1S/C14H19N3O2S/c1-20(19)7-6-16-14(18)12(15)8-10-9-17-13-5-3-2-4-11(10)13/h2-5,9,12,17H,6-8,15H2,1H3,(H,16,18)/t12-,20?/m0/s1. The number of aromatic amines is 1. The van der Waals surface area contributed by atoms with Gasteiger partial charge in [-0.3, -0.25) is 9.00 Å². The van der Waals surface area contributed by atoms with Crippen molar-refractivity contribution in [1.29, 1.82) is 0 Å².